The van der Waals surface area contributed by atoms with Crippen LogP contribution < -0.4 is 31.3 Å². The Hall–Kier alpha value is 5.38. The number of halogens is 14. The summed E-state index contributed by atoms with van der Waals surface area (Å²) >= 11 is 7.04. The number of unbranched alkanes of at least 4 members (excludes halogenated alkanes) is 1. The molecule has 0 unspecified atom stereocenters. The molecule has 1 rings (SSSR count). The predicted octanol–water partition coefficient (Wildman–Crippen LogP) is 12.2. The van der Waals surface area contributed by atoms with Gasteiger partial charge in [0.1, 0.15) is 5.78 Å². The molecule has 0 aliphatic carbocycles. The zero-order chi connectivity index (χ0) is 48.6. The van der Waals surface area contributed by atoms with Gasteiger partial charge in [-0.3, -0.25) is 4.79 Å². The Bertz CT molecular complexity index is 641. The van der Waals surface area contributed by atoms with E-state index in [4.69, 9.17) is 126 Å². The molecule has 0 spiro atoms. The molecule has 1 saturated heterocycles. The van der Waals surface area contributed by atoms with E-state index in [1.54, 1.807) is 41.5 Å². The van der Waals surface area contributed by atoms with Gasteiger partial charge in [0.25, 0.3) is 0 Å². The summed E-state index contributed by atoms with van der Waals surface area (Å²) in [6, 6.07) is 0. The first-order chi connectivity index (χ1) is 23.1. The smallest absolute Gasteiger partial charge is 1.00 e. The van der Waals surface area contributed by atoms with Gasteiger partial charge >= 0.3 is 131 Å². The topological polar surface area (TPSA) is 83.8 Å². The third kappa shape index (κ3) is 1670. The molecule has 0 aromatic carbocycles. The van der Waals surface area contributed by atoms with Crippen molar-refractivity contribution in [2.45, 2.75) is 192 Å². The van der Waals surface area contributed by atoms with Crippen molar-refractivity contribution in [3.05, 3.63) is 12.8 Å². The summed E-state index contributed by atoms with van der Waals surface area (Å²) in [6.45, 7) is 44.5. The average Bonchev–Trinajstić information content (AvgIpc) is 3.31. The number of carbonyl (C=O) groups excluding carboxylic acids is 2. The molecule has 0 saturated carbocycles. The van der Waals surface area contributed by atoms with Gasteiger partial charge in [-0.1, -0.05) is 27.2 Å². The van der Waals surface area contributed by atoms with E-state index in [9.17, 15) is 9.59 Å². The van der Waals surface area contributed by atoms with Crippen molar-refractivity contribution in [3.63, 3.8) is 0 Å². The SMILES string of the molecule is C1CCOC1.CC.CC(=O)Cl.CC(C)(C)Cl.CC(C)(C)Cl.CC(C)(C)O.CC(C)(C)O.CC(C)=O.C[C+](C)C.[CH2-]CCC.[Cl-].[Cl][Sb]([Cl])([Cl])([Cl])[Cl].[Cl][Sb]([Cl])([Cl])([Cl])[Cl].[Li+]. The fourth-order valence-electron chi connectivity index (χ4n) is 0.510. The van der Waals surface area contributed by atoms with Crippen LogP contribution >= 0.6 is 123 Å². The van der Waals surface area contributed by atoms with Crippen LogP contribution in [0.3, 0.4) is 0 Å². The second-order valence-electron chi connectivity index (χ2n) is 14.8. The van der Waals surface area contributed by atoms with E-state index in [2.05, 4.69) is 46.2 Å². The van der Waals surface area contributed by atoms with Crippen LogP contribution in [-0.4, -0.2) is 78.8 Å². The van der Waals surface area contributed by atoms with Crippen LogP contribution in [0, 0.1) is 12.8 Å². The number of hydrogen-bond acceptors (Lipinski definition) is 5. The van der Waals surface area contributed by atoms with Crippen LogP contribution in [0.5, 0.6) is 0 Å². The van der Waals surface area contributed by atoms with Gasteiger partial charge < -0.3 is 39.1 Å². The van der Waals surface area contributed by atoms with E-state index < -0.39 is 34.6 Å². The fraction of sp³-hybridized carbons (Fsp3) is 0.886. The van der Waals surface area contributed by atoms with Gasteiger partial charge in [-0.2, -0.15) is 6.42 Å². The Morgan fingerprint density at radius 2 is 0.702 bits per heavy atom. The van der Waals surface area contributed by atoms with E-state index in [1.165, 1.54) is 46.0 Å². The summed E-state index contributed by atoms with van der Waals surface area (Å²) < 4.78 is 4.94. The number of rotatable bonds is 1. The molecule has 0 aromatic rings. The third-order valence-corrected chi connectivity index (χ3v) is 1.18. The number of alkyl halides is 2. The molecule has 1 aliphatic rings. The number of hydrogen-bond donors (Lipinski definition) is 2. The molecule has 22 heteroatoms. The Morgan fingerprint density at radius 3 is 0.719 bits per heavy atom. The van der Waals surface area contributed by atoms with Crippen LogP contribution in [0.1, 0.15) is 171 Å². The average molecular weight is 1330 g/mol. The van der Waals surface area contributed by atoms with Gasteiger partial charge in [-0.15, -0.1) is 23.2 Å². The molecule has 2 N–H and O–H groups in total. The van der Waals surface area contributed by atoms with Crippen molar-refractivity contribution < 1.29 is 55.8 Å². The van der Waals surface area contributed by atoms with Crippen molar-refractivity contribution in [2.24, 2.45) is 0 Å². The van der Waals surface area contributed by atoms with E-state index in [0.29, 0.717) is 0 Å². The standard InChI is InChI=1S/2C4H9Cl.C4H8O.2C4H10O.2C4H9.C3H6O.C2H3ClO.C2H6.11ClH.Li.2Sb/c2*1-4(2,3)5;1-2-4-5-3-1;2*1-4(2,3)5;1-4(2)3;1-3-4-2;1-3(2)4;1-2(3)4;1-2;;;;;;;;;;;;;;/h2*1-3H3;1-4H2;2*5H,1-3H3;1-3H3;1,3-4H2,2H3;1-2H3;1H3;1-2H3;11*1H;;;/q;;;;;+1;-1;;;;;;;;;;;;;;;+1;2*+5/p-11. The number of carbonyl (C=O) groups is 2. The third-order valence-electron chi connectivity index (χ3n) is 1.18. The molecule has 1 heterocycles. The van der Waals surface area contributed by atoms with Gasteiger partial charge in [-0.05, 0) is 121 Å². The largest absolute Gasteiger partial charge is 1.00 e. The first kappa shape index (κ1) is 96.4. The zero-order valence-corrected chi connectivity index (χ0v) is 54.4. The minimum Gasteiger partial charge on any atom is 1.00 e. The zero-order valence-electron chi connectivity index (χ0n) is 38.8. The van der Waals surface area contributed by atoms with E-state index in [-0.39, 0.29) is 52.0 Å². The molecule has 0 aromatic heterocycles. The summed E-state index contributed by atoms with van der Waals surface area (Å²) in [7, 11) is 50.5. The molecule has 57 heavy (non-hydrogen) atoms. The number of ketones is 1. The Kier molecular flexibility index (Phi) is 88.5. The maximum atomic E-state index is 9.44. The predicted molar refractivity (Wildman–Crippen MR) is 270 cm³/mol. The van der Waals surface area contributed by atoms with E-state index >= 15 is 0 Å². The van der Waals surface area contributed by atoms with Crippen LogP contribution in [-0.2, 0) is 14.3 Å². The minimum atomic E-state index is -4.33. The Labute approximate surface area is 425 Å². The quantitative estimate of drug-likeness (QED) is 0.118. The van der Waals surface area contributed by atoms with Gasteiger partial charge in [0.05, 0.1) is 37.9 Å². The summed E-state index contributed by atoms with van der Waals surface area (Å²) in [5.74, 6) is 1.58. The van der Waals surface area contributed by atoms with Crippen molar-refractivity contribution in [1.29, 1.82) is 0 Å². The van der Waals surface area contributed by atoms with Crippen LogP contribution in [0.15, 0.2) is 0 Å². The van der Waals surface area contributed by atoms with Gasteiger partial charge in [0.2, 0.25) is 5.24 Å². The number of Topliss-reactive ketones (excluding diaryl/α,β-unsaturated/α-hetero) is 1. The molecule has 1 aliphatic heterocycles. The first-order valence-electron chi connectivity index (χ1n) is 16.9. The van der Waals surface area contributed by atoms with Crippen molar-refractivity contribution in [1.82, 2.24) is 0 Å². The van der Waals surface area contributed by atoms with Gasteiger partial charge in [0, 0.05) is 29.9 Å². The first-order valence-corrected chi connectivity index (χ1v) is 50.4. The molecular weight excluding hydrogens is 1250 g/mol. The summed E-state index contributed by atoms with van der Waals surface area (Å²) in [4.78, 5) is 18.6. The van der Waals surface area contributed by atoms with Crippen molar-refractivity contribution in [2.75, 3.05) is 13.2 Å². The van der Waals surface area contributed by atoms with Crippen LogP contribution in [0.2, 0.25) is 0 Å². The minimum absolute atomic E-state index is 0. The Balaban J connectivity index is -0.0000000338. The molecule has 0 atom stereocenters. The Morgan fingerprint density at radius 1 is 0.632 bits per heavy atom. The molecular formula is C35H79Cl14LiO5Sb2. The monoisotopic (exact) mass is 1320 g/mol. The molecule has 0 amide bonds. The van der Waals surface area contributed by atoms with Gasteiger partial charge in [0.15, 0.2) is 0 Å². The second-order valence-corrected chi connectivity index (χ2v) is 93.5. The van der Waals surface area contributed by atoms with Crippen molar-refractivity contribution >= 4 is 157 Å². The van der Waals surface area contributed by atoms with Gasteiger partial charge in [-0.25, -0.2) is 0 Å². The number of aliphatic hydroxyl groups is 2. The summed E-state index contributed by atoms with van der Waals surface area (Å²) in [5, 5.41) is 16.7. The fourth-order valence-corrected chi connectivity index (χ4v) is 0.510. The number of ether oxygens (including phenoxy) is 1. The maximum absolute atomic E-state index is 9.44. The summed E-state index contributed by atoms with van der Waals surface area (Å²) in [6.07, 6.45) is 4.83. The second kappa shape index (κ2) is 52.4. The van der Waals surface area contributed by atoms with Crippen LogP contribution in [0.4, 0.5) is 0 Å². The molecule has 0 radical (unpaired) electrons. The molecule has 1 fully saturated rings. The maximum Gasteiger partial charge on any atom is 1.00 e. The molecule has 5 nitrogen and oxygen atoms in total. The molecule has 0 bridgehead atoms. The summed E-state index contributed by atoms with van der Waals surface area (Å²) in [5.41, 5.74) is -1.00. The van der Waals surface area contributed by atoms with Crippen molar-refractivity contribution in [3.8, 4) is 0 Å². The van der Waals surface area contributed by atoms with Crippen LogP contribution in [0.25, 0.3) is 0 Å². The molecule has 358 valence electrons. The van der Waals surface area contributed by atoms with E-state index in [0.717, 1.165) is 19.6 Å². The van der Waals surface area contributed by atoms with E-state index in [1.807, 2.05) is 55.4 Å². The normalized spacial score (nSPS) is 12.4.